The van der Waals surface area contributed by atoms with E-state index in [0.717, 1.165) is 11.5 Å². The zero-order valence-electron chi connectivity index (χ0n) is 9.95. The first kappa shape index (κ1) is 12.9. The van der Waals surface area contributed by atoms with Crippen molar-refractivity contribution in [2.24, 2.45) is 0 Å². The maximum absolute atomic E-state index is 12.0. The summed E-state index contributed by atoms with van der Waals surface area (Å²) in [5.74, 6) is -0.135. The second kappa shape index (κ2) is 4.80. The molecule has 0 fully saturated rings. The van der Waals surface area contributed by atoms with Crippen LogP contribution in [0.5, 0.6) is 0 Å². The fraction of sp³-hybridized carbons (Fsp3) is 0.182. The number of hydrogen-bond acceptors (Lipinski definition) is 6. The number of non-ortho nitro benzene ring substituents is 1. The summed E-state index contributed by atoms with van der Waals surface area (Å²) >= 11 is 6.98. The Morgan fingerprint density at radius 2 is 2.30 bits per heavy atom. The molecule has 0 radical (unpaired) electrons. The molecular weight excluding hydrogens is 304 g/mol. The molecule has 0 atom stereocenters. The predicted molar refractivity (Wildman–Crippen MR) is 72.9 cm³/mol. The molecule has 2 aromatic rings. The molecule has 1 aromatic carbocycles. The number of carbonyl (C=O) groups is 1. The summed E-state index contributed by atoms with van der Waals surface area (Å²) in [6, 6.07) is 4.38. The first-order chi connectivity index (χ1) is 9.56. The van der Waals surface area contributed by atoms with Gasteiger partial charge in [0.2, 0.25) is 5.91 Å². The molecule has 7 nitrogen and oxygen atoms in total. The molecule has 1 aliphatic heterocycles. The van der Waals surface area contributed by atoms with E-state index in [1.54, 1.807) is 6.07 Å². The smallest absolute Gasteiger partial charge is 0.269 e. The lowest BCUT2D eigenvalue weighted by Gasteiger charge is -2.15. The summed E-state index contributed by atoms with van der Waals surface area (Å²) in [6.45, 7) is 0.221. The van der Waals surface area contributed by atoms with Gasteiger partial charge in [0.1, 0.15) is 10.0 Å². The zero-order chi connectivity index (χ0) is 14.3. The number of fused-ring (bicyclic) bond motifs is 1. The third kappa shape index (κ3) is 2.12. The summed E-state index contributed by atoms with van der Waals surface area (Å²) in [6.07, 6.45) is 0.145. The van der Waals surface area contributed by atoms with Gasteiger partial charge in [0.15, 0.2) is 0 Å². The summed E-state index contributed by atoms with van der Waals surface area (Å²) in [7, 11) is 0. The zero-order valence-corrected chi connectivity index (χ0v) is 11.5. The molecule has 9 heteroatoms. The van der Waals surface area contributed by atoms with Gasteiger partial charge in [0.05, 0.1) is 17.9 Å². The van der Waals surface area contributed by atoms with Gasteiger partial charge in [0.25, 0.3) is 5.69 Å². The normalized spacial score (nSPS) is 13.7. The van der Waals surface area contributed by atoms with Crippen LogP contribution < -0.4 is 4.90 Å². The Balaban J connectivity index is 1.94. The van der Waals surface area contributed by atoms with Crippen LogP contribution in [0.4, 0.5) is 11.4 Å². The van der Waals surface area contributed by atoms with Crippen molar-refractivity contribution < 1.29 is 9.72 Å². The van der Waals surface area contributed by atoms with Gasteiger partial charge in [-0.05, 0) is 11.6 Å². The molecule has 1 amide bonds. The van der Waals surface area contributed by atoms with Crippen molar-refractivity contribution in [2.75, 3.05) is 4.90 Å². The Hall–Kier alpha value is -2.06. The van der Waals surface area contributed by atoms with Gasteiger partial charge in [-0.25, -0.2) is 0 Å². The number of nitrogens with zero attached hydrogens (tertiary/aromatic N) is 4. The molecule has 20 heavy (non-hydrogen) atoms. The van der Waals surface area contributed by atoms with Gasteiger partial charge in [-0.1, -0.05) is 16.1 Å². The fourth-order valence-electron chi connectivity index (χ4n) is 2.10. The van der Waals surface area contributed by atoms with E-state index in [0.29, 0.717) is 21.3 Å². The van der Waals surface area contributed by atoms with Crippen molar-refractivity contribution in [2.45, 2.75) is 13.0 Å². The minimum Gasteiger partial charge on any atom is -0.306 e. The number of nitro benzene ring substituents is 1. The number of aromatic nitrogens is 2. The summed E-state index contributed by atoms with van der Waals surface area (Å²) in [4.78, 5) is 23.8. The van der Waals surface area contributed by atoms with Crippen LogP contribution >= 0.6 is 23.1 Å². The average molecular weight is 311 g/mol. The third-order valence-corrected chi connectivity index (χ3v) is 4.01. The fourth-order valence-corrected chi connectivity index (χ4v) is 2.71. The van der Waals surface area contributed by atoms with Gasteiger partial charge in [-0.2, -0.15) is 0 Å². The highest BCUT2D eigenvalue weighted by molar-refractivity contribution is 7.10. The lowest BCUT2D eigenvalue weighted by atomic mass is 10.1. The monoisotopic (exact) mass is 310 g/mol. The van der Waals surface area contributed by atoms with E-state index in [1.165, 1.54) is 17.0 Å². The minimum atomic E-state index is -0.478. The van der Waals surface area contributed by atoms with E-state index >= 15 is 0 Å². The molecule has 1 aromatic heterocycles. The van der Waals surface area contributed by atoms with E-state index in [2.05, 4.69) is 9.59 Å². The lowest BCUT2D eigenvalue weighted by molar-refractivity contribution is -0.384. The number of carbonyl (C=O) groups excluding carboxylic acids is 1. The second-order valence-electron chi connectivity index (χ2n) is 4.22. The summed E-state index contributed by atoms with van der Waals surface area (Å²) < 4.78 is 4.15. The van der Waals surface area contributed by atoms with Crippen molar-refractivity contribution in [1.29, 1.82) is 0 Å². The Bertz CT molecular complexity index is 717. The number of nitro groups is 1. The number of anilines is 1. The highest BCUT2D eigenvalue weighted by atomic mass is 35.5. The van der Waals surface area contributed by atoms with Crippen molar-refractivity contribution in [3.63, 3.8) is 0 Å². The molecule has 1 aliphatic rings. The van der Waals surface area contributed by atoms with Gasteiger partial charge in [-0.3, -0.25) is 14.9 Å². The van der Waals surface area contributed by atoms with E-state index < -0.39 is 4.92 Å². The number of halogens is 1. The van der Waals surface area contributed by atoms with E-state index in [-0.39, 0.29) is 24.6 Å². The van der Waals surface area contributed by atoms with E-state index in [9.17, 15) is 14.9 Å². The number of hydrogen-bond donors (Lipinski definition) is 0. The van der Waals surface area contributed by atoms with Crippen LogP contribution in [0.2, 0.25) is 4.34 Å². The van der Waals surface area contributed by atoms with Crippen molar-refractivity contribution >= 4 is 40.4 Å². The molecule has 0 saturated heterocycles. The number of rotatable bonds is 3. The van der Waals surface area contributed by atoms with E-state index in [1.807, 2.05) is 0 Å². The molecule has 0 saturated carbocycles. The Morgan fingerprint density at radius 3 is 2.95 bits per heavy atom. The Labute approximate surface area is 122 Å². The standard InChI is InChI=1S/C11H7ClN4O3S/c12-11-8(13-14-20-11)5-15-9-2-1-7(16(18)19)3-6(9)4-10(15)17/h1-3H,4-5H2. The third-order valence-electron chi connectivity index (χ3n) is 3.02. The molecule has 0 unspecified atom stereocenters. The van der Waals surface area contributed by atoms with Crippen molar-refractivity contribution in [1.82, 2.24) is 9.59 Å². The predicted octanol–water partition coefficient (Wildman–Crippen LogP) is 2.19. The van der Waals surface area contributed by atoms with Crippen LogP contribution in [0.1, 0.15) is 11.3 Å². The van der Waals surface area contributed by atoms with Gasteiger partial charge >= 0.3 is 0 Å². The summed E-state index contributed by atoms with van der Waals surface area (Å²) in [5, 5.41) is 14.6. The van der Waals surface area contributed by atoms with Crippen LogP contribution in [0.15, 0.2) is 18.2 Å². The van der Waals surface area contributed by atoms with Crippen molar-refractivity contribution in [3.05, 3.63) is 43.9 Å². The molecule has 0 spiro atoms. The molecule has 3 rings (SSSR count). The SMILES string of the molecule is O=C1Cc2cc([N+](=O)[O-])ccc2N1Cc1nnsc1Cl. The topological polar surface area (TPSA) is 89.2 Å². The molecule has 2 heterocycles. The molecule has 102 valence electrons. The maximum Gasteiger partial charge on any atom is 0.269 e. The lowest BCUT2D eigenvalue weighted by Crippen LogP contribution is -2.26. The Kier molecular flexibility index (Phi) is 3.11. The largest absolute Gasteiger partial charge is 0.306 e. The van der Waals surface area contributed by atoms with Gasteiger partial charge in [-0.15, -0.1) is 5.10 Å². The van der Waals surface area contributed by atoms with Gasteiger partial charge in [0, 0.05) is 29.4 Å². The first-order valence-corrected chi connectivity index (χ1v) is 6.76. The number of benzene rings is 1. The number of amides is 1. The van der Waals surface area contributed by atoms with Crippen LogP contribution in [-0.2, 0) is 17.8 Å². The molecule has 0 N–H and O–H groups in total. The summed E-state index contributed by atoms with van der Waals surface area (Å²) in [5.41, 5.74) is 1.80. The van der Waals surface area contributed by atoms with E-state index in [4.69, 9.17) is 11.6 Å². The Morgan fingerprint density at radius 1 is 1.50 bits per heavy atom. The quantitative estimate of drug-likeness (QED) is 0.640. The highest BCUT2D eigenvalue weighted by Crippen LogP contribution is 2.33. The van der Waals surface area contributed by atoms with Gasteiger partial charge < -0.3 is 4.90 Å². The van der Waals surface area contributed by atoms with Crippen LogP contribution in [0.3, 0.4) is 0 Å². The molecular formula is C11H7ClN4O3S. The molecule has 0 bridgehead atoms. The van der Waals surface area contributed by atoms with Crippen molar-refractivity contribution in [3.8, 4) is 0 Å². The molecule has 0 aliphatic carbocycles. The minimum absolute atomic E-state index is 0.0215. The highest BCUT2D eigenvalue weighted by Gasteiger charge is 2.30. The second-order valence-corrected chi connectivity index (χ2v) is 5.58. The maximum atomic E-state index is 12.0. The average Bonchev–Trinajstić information content (AvgIpc) is 2.94. The van der Waals surface area contributed by atoms with Crippen LogP contribution in [0, 0.1) is 10.1 Å². The van der Waals surface area contributed by atoms with Crippen LogP contribution in [-0.4, -0.2) is 20.4 Å². The first-order valence-electron chi connectivity index (χ1n) is 5.60. The van der Waals surface area contributed by atoms with Crippen LogP contribution in [0.25, 0.3) is 0 Å².